The molecule has 0 fully saturated rings. The van der Waals surface area contributed by atoms with Crippen LogP contribution in [0.2, 0.25) is 0 Å². The number of carbonyl (C=O) groups is 1. The van der Waals surface area contributed by atoms with Crippen molar-refractivity contribution in [2.75, 3.05) is 0 Å². The van der Waals surface area contributed by atoms with E-state index in [1.807, 2.05) is 32.0 Å². The lowest BCUT2D eigenvalue weighted by atomic mass is 9.97. The van der Waals surface area contributed by atoms with Gasteiger partial charge in [0.15, 0.2) is 0 Å². The van der Waals surface area contributed by atoms with Gasteiger partial charge in [0.25, 0.3) is 0 Å². The first kappa shape index (κ1) is 10.7. The molecule has 1 aromatic rings. The molecule has 0 saturated heterocycles. The topological polar surface area (TPSA) is 46.5 Å². The van der Waals surface area contributed by atoms with Crippen molar-refractivity contribution in [3.63, 3.8) is 0 Å². The maximum absolute atomic E-state index is 10.5. The molecule has 1 N–H and O–H groups in total. The van der Waals surface area contributed by atoms with Crippen LogP contribution in [-0.4, -0.2) is 16.7 Å². The van der Waals surface area contributed by atoms with Crippen LogP contribution in [0.15, 0.2) is 24.3 Å². The van der Waals surface area contributed by atoms with Crippen LogP contribution in [-0.2, 0) is 11.2 Å². The van der Waals surface area contributed by atoms with E-state index in [9.17, 15) is 4.79 Å². The molecule has 1 heterocycles. The van der Waals surface area contributed by atoms with Gasteiger partial charge in [-0.25, -0.2) is 4.79 Å². The minimum absolute atomic E-state index is 0.199. The zero-order valence-electron chi connectivity index (χ0n) is 9.36. The highest BCUT2D eigenvalue weighted by molar-refractivity contribution is 5.85. The largest absolute Gasteiger partial charge is 0.487 e. The van der Waals surface area contributed by atoms with E-state index in [-0.39, 0.29) is 5.60 Å². The van der Waals surface area contributed by atoms with Crippen LogP contribution in [0.1, 0.15) is 25.0 Å². The maximum Gasteiger partial charge on any atom is 0.328 e. The first-order chi connectivity index (χ1) is 7.48. The van der Waals surface area contributed by atoms with Gasteiger partial charge in [-0.2, -0.15) is 0 Å². The Morgan fingerprint density at radius 3 is 2.94 bits per heavy atom. The van der Waals surface area contributed by atoms with Crippen molar-refractivity contribution in [2.45, 2.75) is 25.9 Å². The molecule has 0 unspecified atom stereocenters. The van der Waals surface area contributed by atoms with Gasteiger partial charge in [-0.1, -0.05) is 12.1 Å². The molecule has 1 aliphatic rings. The molecule has 0 aromatic heterocycles. The van der Waals surface area contributed by atoms with Crippen LogP contribution < -0.4 is 4.74 Å². The molecule has 2 rings (SSSR count). The number of ether oxygens (including phenoxy) is 1. The van der Waals surface area contributed by atoms with E-state index in [1.54, 1.807) is 6.08 Å². The first-order valence-electron chi connectivity index (χ1n) is 5.20. The van der Waals surface area contributed by atoms with Crippen molar-refractivity contribution < 1.29 is 14.6 Å². The summed E-state index contributed by atoms with van der Waals surface area (Å²) >= 11 is 0. The minimum atomic E-state index is -0.934. The average Bonchev–Trinajstić information content (AvgIpc) is 2.48. The highest BCUT2D eigenvalue weighted by atomic mass is 16.5. The van der Waals surface area contributed by atoms with E-state index in [4.69, 9.17) is 9.84 Å². The van der Waals surface area contributed by atoms with Gasteiger partial charge in [-0.3, -0.25) is 0 Å². The zero-order chi connectivity index (χ0) is 11.8. The molecule has 0 radical (unpaired) electrons. The average molecular weight is 218 g/mol. The highest BCUT2D eigenvalue weighted by Gasteiger charge is 2.30. The fourth-order valence-electron chi connectivity index (χ4n) is 1.94. The molecule has 84 valence electrons. The number of hydrogen-bond donors (Lipinski definition) is 1. The molecular formula is C13H14O3. The van der Waals surface area contributed by atoms with Crippen LogP contribution in [0, 0.1) is 0 Å². The Morgan fingerprint density at radius 2 is 2.25 bits per heavy atom. The molecule has 3 heteroatoms. The number of carboxylic acids is 1. The fourth-order valence-corrected chi connectivity index (χ4v) is 1.94. The lowest BCUT2D eigenvalue weighted by Gasteiger charge is -2.16. The quantitative estimate of drug-likeness (QED) is 0.776. The van der Waals surface area contributed by atoms with Crippen molar-refractivity contribution in [1.82, 2.24) is 0 Å². The van der Waals surface area contributed by atoms with Gasteiger partial charge < -0.3 is 9.84 Å². The van der Waals surface area contributed by atoms with Crippen molar-refractivity contribution >= 4 is 12.0 Å². The number of aliphatic carboxylic acids is 1. The maximum atomic E-state index is 10.5. The van der Waals surface area contributed by atoms with E-state index >= 15 is 0 Å². The fraction of sp³-hybridized carbons (Fsp3) is 0.308. The molecule has 0 bridgehead atoms. The second-order valence-corrected chi connectivity index (χ2v) is 4.53. The summed E-state index contributed by atoms with van der Waals surface area (Å²) in [4.78, 5) is 10.5. The molecule has 0 saturated carbocycles. The lowest BCUT2D eigenvalue weighted by Crippen LogP contribution is -2.24. The monoisotopic (exact) mass is 218 g/mol. The van der Waals surface area contributed by atoms with Crippen LogP contribution in [0.3, 0.4) is 0 Å². The normalized spacial score (nSPS) is 17.1. The van der Waals surface area contributed by atoms with Gasteiger partial charge in [-0.05, 0) is 31.6 Å². The van der Waals surface area contributed by atoms with E-state index in [0.29, 0.717) is 0 Å². The number of carboxylic acid groups (broad SMARTS) is 1. The third-order valence-corrected chi connectivity index (χ3v) is 2.56. The van der Waals surface area contributed by atoms with Gasteiger partial charge in [0.05, 0.1) is 0 Å². The molecule has 0 aliphatic carbocycles. The Bertz CT molecular complexity index is 458. The zero-order valence-corrected chi connectivity index (χ0v) is 9.36. The minimum Gasteiger partial charge on any atom is -0.487 e. The van der Waals surface area contributed by atoms with Gasteiger partial charge in [0, 0.05) is 18.1 Å². The van der Waals surface area contributed by atoms with Crippen molar-refractivity contribution in [1.29, 1.82) is 0 Å². The molecule has 0 amide bonds. The number of hydrogen-bond acceptors (Lipinski definition) is 2. The predicted molar refractivity (Wildman–Crippen MR) is 61.5 cm³/mol. The summed E-state index contributed by atoms with van der Waals surface area (Å²) in [5.74, 6) is -0.0756. The SMILES string of the molecule is CC1(C)Cc2c(C=CC(=O)O)cccc2O1. The van der Waals surface area contributed by atoms with Gasteiger partial charge in [0.2, 0.25) is 0 Å². The molecule has 1 aliphatic heterocycles. The first-order valence-corrected chi connectivity index (χ1v) is 5.20. The van der Waals surface area contributed by atoms with E-state index in [2.05, 4.69) is 0 Å². The van der Waals surface area contributed by atoms with Gasteiger partial charge in [0.1, 0.15) is 11.4 Å². The molecular weight excluding hydrogens is 204 g/mol. The Morgan fingerprint density at radius 1 is 1.50 bits per heavy atom. The van der Waals surface area contributed by atoms with Crippen LogP contribution in [0.5, 0.6) is 5.75 Å². The summed E-state index contributed by atoms with van der Waals surface area (Å²) < 4.78 is 5.76. The summed E-state index contributed by atoms with van der Waals surface area (Å²) in [6.45, 7) is 4.05. The highest BCUT2D eigenvalue weighted by Crippen LogP contribution is 2.37. The Labute approximate surface area is 94.4 Å². The molecule has 1 aromatic carbocycles. The Kier molecular flexibility index (Phi) is 2.46. The molecule has 0 atom stereocenters. The van der Waals surface area contributed by atoms with Crippen molar-refractivity contribution in [2.24, 2.45) is 0 Å². The molecule has 16 heavy (non-hydrogen) atoms. The number of rotatable bonds is 2. The van der Waals surface area contributed by atoms with Gasteiger partial charge >= 0.3 is 5.97 Å². The number of benzene rings is 1. The summed E-state index contributed by atoms with van der Waals surface area (Å²) in [5.41, 5.74) is 1.81. The van der Waals surface area contributed by atoms with Gasteiger partial charge in [-0.15, -0.1) is 0 Å². The number of fused-ring (bicyclic) bond motifs is 1. The second-order valence-electron chi connectivity index (χ2n) is 4.53. The summed E-state index contributed by atoms with van der Waals surface area (Å²) in [5, 5.41) is 8.61. The van der Waals surface area contributed by atoms with E-state index in [0.717, 1.165) is 29.4 Å². The van der Waals surface area contributed by atoms with Crippen molar-refractivity contribution in [3.05, 3.63) is 35.4 Å². The predicted octanol–water partition coefficient (Wildman–Crippen LogP) is 2.50. The van der Waals surface area contributed by atoms with E-state index < -0.39 is 5.97 Å². The lowest BCUT2D eigenvalue weighted by molar-refractivity contribution is -0.131. The standard InChI is InChI=1S/C13H14O3/c1-13(2)8-10-9(6-7-12(14)15)4-3-5-11(10)16-13/h3-7H,8H2,1-2H3,(H,14,15). The third-order valence-electron chi connectivity index (χ3n) is 2.56. The van der Waals surface area contributed by atoms with Crippen LogP contribution >= 0.6 is 0 Å². The Balaban J connectivity index is 2.37. The molecule has 3 nitrogen and oxygen atoms in total. The smallest absolute Gasteiger partial charge is 0.328 e. The summed E-state index contributed by atoms with van der Waals surface area (Å²) in [6.07, 6.45) is 3.58. The summed E-state index contributed by atoms with van der Waals surface area (Å²) in [6, 6.07) is 5.70. The molecule has 0 spiro atoms. The second kappa shape index (κ2) is 3.67. The van der Waals surface area contributed by atoms with E-state index in [1.165, 1.54) is 0 Å². The van der Waals surface area contributed by atoms with Crippen LogP contribution in [0.4, 0.5) is 0 Å². The third kappa shape index (κ3) is 2.08. The van der Waals surface area contributed by atoms with Crippen LogP contribution in [0.25, 0.3) is 6.08 Å². The van der Waals surface area contributed by atoms with Crippen molar-refractivity contribution in [3.8, 4) is 5.75 Å². The summed E-state index contributed by atoms with van der Waals surface area (Å²) in [7, 11) is 0. The Hall–Kier alpha value is -1.77.